The van der Waals surface area contributed by atoms with E-state index in [1.54, 1.807) is 6.07 Å². The predicted molar refractivity (Wildman–Crippen MR) is 104 cm³/mol. The van der Waals surface area contributed by atoms with E-state index in [2.05, 4.69) is 0 Å². The summed E-state index contributed by atoms with van der Waals surface area (Å²) >= 11 is 0. The number of esters is 2. The highest BCUT2D eigenvalue weighted by atomic mass is 16.6. The molecule has 0 fully saturated rings. The summed E-state index contributed by atoms with van der Waals surface area (Å²) in [5, 5.41) is 18.7. The highest BCUT2D eigenvalue weighted by Gasteiger charge is 2.39. The number of carbonyl (C=O) groups excluding carboxylic acids is 2. The first-order chi connectivity index (χ1) is 14.4. The zero-order valence-electron chi connectivity index (χ0n) is 15.3. The number of hydrogen-bond acceptors (Lipinski definition) is 5. The first kappa shape index (κ1) is 17.8. The fraction of sp³-hybridized carbons (Fsp3) is 0.0435. The lowest BCUT2D eigenvalue weighted by molar-refractivity contribution is 0.0442. The number of hydrogen-bond donors (Lipinski definition) is 2. The molecule has 30 heavy (non-hydrogen) atoms. The number of carboxylic acids is 2. The van der Waals surface area contributed by atoms with Crippen LogP contribution < -0.4 is 0 Å². The van der Waals surface area contributed by atoms with Gasteiger partial charge in [0.05, 0.1) is 22.3 Å². The number of aromatic carboxylic acids is 2. The van der Waals surface area contributed by atoms with Gasteiger partial charge in [-0.05, 0) is 58.0 Å². The molecule has 0 radical (unpaired) electrons. The molecule has 0 saturated carbocycles. The summed E-state index contributed by atoms with van der Waals surface area (Å²) in [5.41, 5.74) is 3.52. The molecule has 1 aliphatic carbocycles. The van der Waals surface area contributed by atoms with Gasteiger partial charge in [0, 0.05) is 0 Å². The molecule has 7 heteroatoms. The third kappa shape index (κ3) is 2.39. The Kier molecular flexibility index (Phi) is 3.63. The van der Waals surface area contributed by atoms with E-state index in [1.807, 2.05) is 24.3 Å². The molecule has 0 unspecified atom stereocenters. The minimum atomic E-state index is -1.41. The van der Waals surface area contributed by atoms with Crippen LogP contribution in [0.25, 0.3) is 22.3 Å². The molecule has 0 amide bonds. The number of carbonyl (C=O) groups is 4. The fourth-order valence-electron chi connectivity index (χ4n) is 4.20. The lowest BCUT2D eigenvalue weighted by Crippen LogP contribution is -2.08. The predicted octanol–water partition coefficient (Wildman–Crippen LogP) is 3.63. The Balaban J connectivity index is 1.82. The van der Waals surface area contributed by atoms with Crippen LogP contribution in [0, 0.1) is 0 Å². The molecule has 2 N–H and O–H groups in total. The van der Waals surface area contributed by atoms with E-state index >= 15 is 0 Å². The molecule has 0 bridgehead atoms. The largest absolute Gasteiger partial charge is 0.478 e. The molecular weight excluding hydrogens is 388 g/mol. The van der Waals surface area contributed by atoms with Crippen LogP contribution in [0.15, 0.2) is 48.5 Å². The third-order valence-electron chi connectivity index (χ3n) is 5.49. The number of ether oxygens (including phenoxy) is 1. The summed E-state index contributed by atoms with van der Waals surface area (Å²) in [7, 11) is 0. The maximum absolute atomic E-state index is 12.5. The van der Waals surface area contributed by atoms with Gasteiger partial charge in [0.1, 0.15) is 0 Å². The molecule has 0 atom stereocenters. The number of carboxylic acid groups (broad SMARTS) is 2. The average Bonchev–Trinajstić information content (AvgIpc) is 3.23. The third-order valence-corrected chi connectivity index (χ3v) is 5.49. The summed E-state index contributed by atoms with van der Waals surface area (Å²) in [6.07, 6.45) is 0.481. The van der Waals surface area contributed by atoms with Gasteiger partial charge in [-0.15, -0.1) is 0 Å². The number of rotatable bonds is 3. The van der Waals surface area contributed by atoms with Crippen LogP contribution in [0.3, 0.4) is 0 Å². The van der Waals surface area contributed by atoms with Gasteiger partial charge in [-0.1, -0.05) is 30.3 Å². The molecule has 146 valence electrons. The normalized spacial score (nSPS) is 13.5. The van der Waals surface area contributed by atoms with Crippen molar-refractivity contribution in [2.75, 3.05) is 0 Å². The number of benzene rings is 3. The Morgan fingerprint density at radius 1 is 0.767 bits per heavy atom. The minimum absolute atomic E-state index is 0.0750. The van der Waals surface area contributed by atoms with Gasteiger partial charge in [-0.2, -0.15) is 0 Å². The first-order valence-electron chi connectivity index (χ1n) is 9.02. The van der Waals surface area contributed by atoms with Crippen LogP contribution in [0.1, 0.15) is 52.6 Å². The van der Waals surface area contributed by atoms with Gasteiger partial charge in [0.2, 0.25) is 0 Å². The van der Waals surface area contributed by atoms with Gasteiger partial charge < -0.3 is 14.9 Å². The summed E-state index contributed by atoms with van der Waals surface area (Å²) in [6.45, 7) is 0. The summed E-state index contributed by atoms with van der Waals surface area (Å²) in [5.74, 6) is -4.32. The molecular formula is C23H12O7. The van der Waals surface area contributed by atoms with E-state index < -0.39 is 29.4 Å². The van der Waals surface area contributed by atoms with Gasteiger partial charge in [-0.3, -0.25) is 0 Å². The van der Waals surface area contributed by atoms with Gasteiger partial charge in [0.25, 0.3) is 0 Å². The standard InChI is InChI=1S/C23H12O7/c24-20(25)13-6-5-11(8-17(13)21(26)27)14-9-15-12-4-2-1-3-10(12)7-16(15)19-18(14)22(28)30-23(19)29/h1-6,8-9H,7H2,(H,24,25)(H,26,27). The molecule has 0 spiro atoms. The molecule has 3 aromatic carbocycles. The maximum atomic E-state index is 12.5. The lowest BCUT2D eigenvalue weighted by atomic mass is 9.88. The van der Waals surface area contributed by atoms with E-state index in [4.69, 9.17) is 4.74 Å². The summed E-state index contributed by atoms with van der Waals surface area (Å²) in [4.78, 5) is 47.9. The SMILES string of the molecule is O=C(O)c1ccc(-c2cc3c(c4c2C(=O)OC4=O)Cc2ccccc2-3)cc1C(=O)O. The second kappa shape index (κ2) is 6.12. The van der Waals surface area contributed by atoms with Crippen molar-refractivity contribution in [3.63, 3.8) is 0 Å². The van der Waals surface area contributed by atoms with E-state index in [0.29, 0.717) is 23.1 Å². The number of cyclic esters (lactones) is 2. The highest BCUT2D eigenvalue weighted by molar-refractivity contribution is 6.20. The minimum Gasteiger partial charge on any atom is -0.478 e. The second-order valence-corrected chi connectivity index (χ2v) is 7.08. The Morgan fingerprint density at radius 2 is 1.47 bits per heavy atom. The monoisotopic (exact) mass is 400 g/mol. The van der Waals surface area contributed by atoms with Crippen molar-refractivity contribution in [1.82, 2.24) is 0 Å². The van der Waals surface area contributed by atoms with Crippen LogP contribution in [-0.4, -0.2) is 34.1 Å². The smallest absolute Gasteiger partial charge is 0.347 e. The summed E-state index contributed by atoms with van der Waals surface area (Å²) < 4.78 is 4.87. The molecule has 2 aliphatic rings. The van der Waals surface area contributed by atoms with Crippen molar-refractivity contribution in [3.8, 4) is 22.3 Å². The van der Waals surface area contributed by atoms with Crippen LogP contribution in [0.4, 0.5) is 0 Å². The van der Waals surface area contributed by atoms with Crippen molar-refractivity contribution >= 4 is 23.9 Å². The van der Waals surface area contributed by atoms with Gasteiger partial charge in [-0.25, -0.2) is 19.2 Å². The maximum Gasteiger partial charge on any atom is 0.347 e. The number of fused-ring (bicyclic) bond motifs is 5. The van der Waals surface area contributed by atoms with Crippen molar-refractivity contribution in [1.29, 1.82) is 0 Å². The van der Waals surface area contributed by atoms with Crippen LogP contribution >= 0.6 is 0 Å². The molecule has 0 saturated heterocycles. The molecule has 3 aromatic rings. The second-order valence-electron chi connectivity index (χ2n) is 7.08. The Bertz CT molecular complexity index is 1330. The molecule has 1 aliphatic heterocycles. The lowest BCUT2D eigenvalue weighted by Gasteiger charge is -2.12. The molecule has 7 nitrogen and oxygen atoms in total. The summed E-state index contributed by atoms with van der Waals surface area (Å²) in [6, 6.07) is 13.1. The van der Waals surface area contributed by atoms with Crippen molar-refractivity contribution in [2.24, 2.45) is 0 Å². The van der Waals surface area contributed by atoms with Crippen molar-refractivity contribution < 1.29 is 34.1 Å². The van der Waals surface area contributed by atoms with Gasteiger partial charge >= 0.3 is 23.9 Å². The van der Waals surface area contributed by atoms with Gasteiger partial charge in [0.15, 0.2) is 0 Å². The van der Waals surface area contributed by atoms with E-state index in [0.717, 1.165) is 16.7 Å². The van der Waals surface area contributed by atoms with Crippen molar-refractivity contribution in [2.45, 2.75) is 6.42 Å². The quantitative estimate of drug-likeness (QED) is 0.398. The van der Waals surface area contributed by atoms with E-state index in [-0.39, 0.29) is 16.7 Å². The van der Waals surface area contributed by atoms with Crippen LogP contribution in [-0.2, 0) is 11.2 Å². The van der Waals surface area contributed by atoms with Crippen LogP contribution in [0.5, 0.6) is 0 Å². The van der Waals surface area contributed by atoms with E-state index in [9.17, 15) is 29.4 Å². The topological polar surface area (TPSA) is 118 Å². The van der Waals surface area contributed by atoms with Crippen molar-refractivity contribution in [3.05, 3.63) is 81.9 Å². The molecule has 0 aromatic heterocycles. The molecule has 5 rings (SSSR count). The fourth-order valence-corrected chi connectivity index (χ4v) is 4.20. The average molecular weight is 400 g/mol. The Labute approximate surface area is 169 Å². The highest BCUT2D eigenvalue weighted by Crippen LogP contribution is 2.45. The zero-order valence-corrected chi connectivity index (χ0v) is 15.3. The molecule has 1 heterocycles. The first-order valence-corrected chi connectivity index (χ1v) is 9.02. The Morgan fingerprint density at radius 3 is 2.20 bits per heavy atom. The van der Waals surface area contributed by atoms with E-state index in [1.165, 1.54) is 18.2 Å². The van der Waals surface area contributed by atoms with Crippen LogP contribution in [0.2, 0.25) is 0 Å². The zero-order chi connectivity index (χ0) is 21.2. The Hall–Kier alpha value is -4.26.